The fourth-order valence-electron chi connectivity index (χ4n) is 3.54. The lowest BCUT2D eigenvalue weighted by molar-refractivity contribution is -0.165. The van der Waals surface area contributed by atoms with Gasteiger partial charge in [-0.25, -0.2) is 9.59 Å². The van der Waals surface area contributed by atoms with Gasteiger partial charge >= 0.3 is 12.0 Å². The number of likely N-dealkylation sites (tertiary alicyclic amines) is 2. The summed E-state index contributed by atoms with van der Waals surface area (Å²) in [7, 11) is 0. The Bertz CT molecular complexity index is 529. The van der Waals surface area contributed by atoms with Crippen LogP contribution in [0.15, 0.2) is 0 Å². The Morgan fingerprint density at radius 2 is 1.81 bits per heavy atom. The average molecular weight is 369 g/mol. The van der Waals surface area contributed by atoms with Gasteiger partial charge in [0.1, 0.15) is 0 Å². The van der Waals surface area contributed by atoms with Crippen LogP contribution in [0.5, 0.6) is 0 Å². The Morgan fingerprint density at radius 1 is 1.15 bits per heavy atom. The molecule has 0 aromatic rings. The SMILES string of the molecule is CC(C)CNC(=O)N1CCCC(CC(=O)N2CCC(O)(C(=O)O)CC2)C1. The van der Waals surface area contributed by atoms with Crippen LogP contribution in [0.25, 0.3) is 0 Å². The second-order valence-electron chi connectivity index (χ2n) is 7.96. The van der Waals surface area contributed by atoms with Crippen LogP contribution in [0, 0.1) is 11.8 Å². The number of aliphatic carboxylic acids is 1. The van der Waals surface area contributed by atoms with E-state index in [1.54, 1.807) is 9.80 Å². The van der Waals surface area contributed by atoms with Gasteiger partial charge in [-0.3, -0.25) is 4.79 Å². The van der Waals surface area contributed by atoms with Crippen molar-refractivity contribution >= 4 is 17.9 Å². The third-order valence-electron chi connectivity index (χ3n) is 5.27. The number of hydrogen-bond donors (Lipinski definition) is 3. The van der Waals surface area contributed by atoms with Crippen molar-refractivity contribution in [3.8, 4) is 0 Å². The molecule has 1 unspecified atom stereocenters. The lowest BCUT2D eigenvalue weighted by Gasteiger charge is -2.37. The predicted octanol–water partition coefficient (Wildman–Crippen LogP) is 0.892. The first kappa shape index (κ1) is 20.5. The van der Waals surface area contributed by atoms with Crippen molar-refractivity contribution in [2.24, 2.45) is 11.8 Å². The number of piperidine rings is 2. The van der Waals surface area contributed by atoms with E-state index in [0.29, 0.717) is 32.0 Å². The van der Waals surface area contributed by atoms with Gasteiger partial charge in [0.25, 0.3) is 0 Å². The van der Waals surface area contributed by atoms with E-state index in [9.17, 15) is 19.5 Å². The molecule has 148 valence electrons. The second-order valence-corrected chi connectivity index (χ2v) is 7.96. The monoisotopic (exact) mass is 369 g/mol. The summed E-state index contributed by atoms with van der Waals surface area (Å²) in [6.45, 7) is 6.52. The van der Waals surface area contributed by atoms with Crippen LogP contribution in [0.1, 0.15) is 46.0 Å². The van der Waals surface area contributed by atoms with Crippen molar-refractivity contribution in [2.45, 2.75) is 51.6 Å². The summed E-state index contributed by atoms with van der Waals surface area (Å²) in [6, 6.07) is -0.0691. The normalized spacial score (nSPS) is 23.0. The molecule has 0 spiro atoms. The molecule has 2 aliphatic heterocycles. The van der Waals surface area contributed by atoms with E-state index in [0.717, 1.165) is 12.8 Å². The van der Waals surface area contributed by atoms with Gasteiger partial charge in [0.15, 0.2) is 5.60 Å². The van der Waals surface area contributed by atoms with Crippen LogP contribution in [-0.2, 0) is 9.59 Å². The molecule has 0 bridgehead atoms. The molecule has 2 rings (SSSR count). The summed E-state index contributed by atoms with van der Waals surface area (Å²) in [4.78, 5) is 39.2. The zero-order valence-electron chi connectivity index (χ0n) is 15.7. The fraction of sp³-hybridized carbons (Fsp3) is 0.833. The van der Waals surface area contributed by atoms with Crippen molar-refractivity contribution in [2.75, 3.05) is 32.7 Å². The van der Waals surface area contributed by atoms with E-state index in [4.69, 9.17) is 5.11 Å². The van der Waals surface area contributed by atoms with Gasteiger partial charge < -0.3 is 25.3 Å². The number of nitrogens with zero attached hydrogens (tertiary/aromatic N) is 2. The van der Waals surface area contributed by atoms with E-state index in [-0.39, 0.29) is 43.8 Å². The van der Waals surface area contributed by atoms with Crippen LogP contribution < -0.4 is 5.32 Å². The molecule has 3 amide bonds. The Labute approximate surface area is 154 Å². The molecule has 0 aromatic carbocycles. The number of carbonyl (C=O) groups excluding carboxylic acids is 2. The number of carbonyl (C=O) groups is 3. The molecule has 0 saturated carbocycles. The Hall–Kier alpha value is -1.83. The van der Waals surface area contributed by atoms with E-state index < -0.39 is 11.6 Å². The molecule has 8 heteroatoms. The molecule has 26 heavy (non-hydrogen) atoms. The van der Waals surface area contributed by atoms with Crippen LogP contribution in [-0.4, -0.2) is 76.2 Å². The van der Waals surface area contributed by atoms with Crippen molar-refractivity contribution in [3.63, 3.8) is 0 Å². The van der Waals surface area contributed by atoms with Gasteiger partial charge in [0, 0.05) is 52.0 Å². The highest BCUT2D eigenvalue weighted by Gasteiger charge is 2.40. The third kappa shape index (κ3) is 5.33. The molecule has 0 radical (unpaired) electrons. The smallest absolute Gasteiger partial charge is 0.335 e. The summed E-state index contributed by atoms with van der Waals surface area (Å²) < 4.78 is 0. The molecule has 2 saturated heterocycles. The zero-order valence-corrected chi connectivity index (χ0v) is 15.7. The molecule has 2 heterocycles. The molecule has 0 aromatic heterocycles. The quantitative estimate of drug-likeness (QED) is 0.667. The number of carboxylic acid groups (broad SMARTS) is 1. The standard InChI is InChI=1S/C18H31N3O5/c1-13(2)11-19-17(25)21-7-3-4-14(12-21)10-15(22)20-8-5-18(26,6-9-20)16(23)24/h13-14,26H,3-12H2,1-2H3,(H,19,25)(H,23,24). The minimum atomic E-state index is -1.72. The fourth-order valence-corrected chi connectivity index (χ4v) is 3.54. The van der Waals surface area contributed by atoms with Gasteiger partial charge in [0.05, 0.1) is 0 Å². The Balaban J connectivity index is 1.80. The maximum atomic E-state index is 12.5. The van der Waals surface area contributed by atoms with E-state index in [2.05, 4.69) is 5.32 Å². The van der Waals surface area contributed by atoms with E-state index in [1.165, 1.54) is 0 Å². The van der Waals surface area contributed by atoms with Crippen LogP contribution >= 0.6 is 0 Å². The van der Waals surface area contributed by atoms with Crippen molar-refractivity contribution in [1.29, 1.82) is 0 Å². The van der Waals surface area contributed by atoms with E-state index >= 15 is 0 Å². The number of nitrogens with one attached hydrogen (secondary N) is 1. The van der Waals surface area contributed by atoms with Gasteiger partial charge in [0.2, 0.25) is 5.91 Å². The van der Waals surface area contributed by atoms with Gasteiger partial charge in [-0.05, 0) is 24.7 Å². The highest BCUT2D eigenvalue weighted by atomic mass is 16.4. The largest absolute Gasteiger partial charge is 0.479 e. The van der Waals surface area contributed by atoms with Gasteiger partial charge in [-0.15, -0.1) is 0 Å². The van der Waals surface area contributed by atoms with Gasteiger partial charge in [-0.1, -0.05) is 13.8 Å². The lowest BCUT2D eigenvalue weighted by atomic mass is 9.90. The molecule has 1 atom stereocenters. The first-order chi connectivity index (χ1) is 12.2. The topological polar surface area (TPSA) is 110 Å². The number of rotatable bonds is 5. The number of carboxylic acids is 1. The Kier molecular flexibility index (Phi) is 6.86. The summed E-state index contributed by atoms with van der Waals surface area (Å²) in [5.41, 5.74) is -1.72. The third-order valence-corrected chi connectivity index (χ3v) is 5.27. The zero-order chi connectivity index (χ0) is 19.3. The molecule has 8 nitrogen and oxygen atoms in total. The number of urea groups is 1. The molecule has 2 fully saturated rings. The molecular weight excluding hydrogens is 338 g/mol. The summed E-state index contributed by atoms with van der Waals surface area (Å²) in [5, 5.41) is 21.9. The van der Waals surface area contributed by atoms with Gasteiger partial charge in [-0.2, -0.15) is 0 Å². The van der Waals surface area contributed by atoms with Crippen molar-refractivity contribution in [3.05, 3.63) is 0 Å². The predicted molar refractivity (Wildman–Crippen MR) is 95.6 cm³/mol. The highest BCUT2D eigenvalue weighted by Crippen LogP contribution is 2.25. The van der Waals surface area contributed by atoms with Crippen LogP contribution in [0.4, 0.5) is 4.79 Å². The van der Waals surface area contributed by atoms with Crippen molar-refractivity contribution < 1.29 is 24.6 Å². The lowest BCUT2D eigenvalue weighted by Crippen LogP contribution is -2.51. The van der Waals surface area contributed by atoms with Crippen molar-refractivity contribution in [1.82, 2.24) is 15.1 Å². The maximum absolute atomic E-state index is 12.5. The Morgan fingerprint density at radius 3 is 2.38 bits per heavy atom. The summed E-state index contributed by atoms with van der Waals surface area (Å²) in [6.07, 6.45) is 2.27. The molecule has 0 aliphatic carbocycles. The second kappa shape index (κ2) is 8.70. The van der Waals surface area contributed by atoms with Crippen LogP contribution in [0.2, 0.25) is 0 Å². The highest BCUT2D eigenvalue weighted by molar-refractivity contribution is 5.80. The maximum Gasteiger partial charge on any atom is 0.335 e. The average Bonchev–Trinajstić information content (AvgIpc) is 2.60. The minimum Gasteiger partial charge on any atom is -0.479 e. The number of hydrogen-bond acceptors (Lipinski definition) is 4. The first-order valence-electron chi connectivity index (χ1n) is 9.47. The first-order valence-corrected chi connectivity index (χ1v) is 9.47. The van der Waals surface area contributed by atoms with E-state index in [1.807, 2.05) is 13.8 Å². The molecular formula is C18H31N3O5. The minimum absolute atomic E-state index is 0.0214. The summed E-state index contributed by atoms with van der Waals surface area (Å²) >= 11 is 0. The molecule has 3 N–H and O–H groups in total. The van der Waals surface area contributed by atoms with Crippen LogP contribution in [0.3, 0.4) is 0 Å². The summed E-state index contributed by atoms with van der Waals surface area (Å²) in [5.74, 6) is -0.724. The number of amides is 3. The number of aliphatic hydroxyl groups is 1. The molecule has 2 aliphatic rings.